The SMILES string of the molecule is CC(C)CSCc1noc([C@H]2CCCN2)n1. The molecule has 1 aromatic rings. The summed E-state index contributed by atoms with van der Waals surface area (Å²) in [7, 11) is 0. The zero-order valence-corrected chi connectivity index (χ0v) is 10.7. The molecule has 2 rings (SSSR count). The summed E-state index contributed by atoms with van der Waals surface area (Å²) in [6, 6.07) is 0.288. The third-order valence-electron chi connectivity index (χ3n) is 2.52. The molecule has 0 aromatic carbocycles. The monoisotopic (exact) mass is 241 g/mol. The van der Waals surface area contributed by atoms with E-state index in [1.165, 1.54) is 6.42 Å². The summed E-state index contributed by atoms with van der Waals surface area (Å²) < 4.78 is 5.27. The summed E-state index contributed by atoms with van der Waals surface area (Å²) in [6.07, 6.45) is 2.31. The highest BCUT2D eigenvalue weighted by Crippen LogP contribution is 2.22. The van der Waals surface area contributed by atoms with Crippen molar-refractivity contribution in [2.45, 2.75) is 38.5 Å². The maximum atomic E-state index is 5.27. The van der Waals surface area contributed by atoms with E-state index >= 15 is 0 Å². The summed E-state index contributed by atoms with van der Waals surface area (Å²) in [5.41, 5.74) is 0. The number of hydrogen-bond acceptors (Lipinski definition) is 5. The molecule has 0 amide bonds. The maximum absolute atomic E-state index is 5.27. The Hall–Kier alpha value is -0.550. The van der Waals surface area contributed by atoms with Crippen molar-refractivity contribution in [3.8, 4) is 0 Å². The van der Waals surface area contributed by atoms with Crippen molar-refractivity contribution in [1.82, 2.24) is 15.5 Å². The minimum atomic E-state index is 0.288. The lowest BCUT2D eigenvalue weighted by Crippen LogP contribution is -2.13. The topological polar surface area (TPSA) is 51.0 Å². The lowest BCUT2D eigenvalue weighted by atomic mass is 10.2. The Morgan fingerprint density at radius 1 is 1.56 bits per heavy atom. The second kappa shape index (κ2) is 5.68. The molecule has 1 aliphatic heterocycles. The summed E-state index contributed by atoms with van der Waals surface area (Å²) in [5.74, 6) is 4.31. The first-order valence-corrected chi connectivity index (χ1v) is 7.05. The molecule has 16 heavy (non-hydrogen) atoms. The van der Waals surface area contributed by atoms with Crippen LogP contribution in [0.4, 0.5) is 0 Å². The number of rotatable bonds is 5. The van der Waals surface area contributed by atoms with Crippen molar-refractivity contribution in [2.24, 2.45) is 5.92 Å². The fourth-order valence-corrected chi connectivity index (χ4v) is 2.64. The molecule has 1 fully saturated rings. The van der Waals surface area contributed by atoms with E-state index in [1.807, 2.05) is 11.8 Å². The van der Waals surface area contributed by atoms with Gasteiger partial charge in [0.25, 0.3) is 0 Å². The molecule has 2 heterocycles. The molecule has 1 aromatic heterocycles. The van der Waals surface area contributed by atoms with Gasteiger partial charge in [-0.15, -0.1) is 0 Å². The van der Waals surface area contributed by atoms with E-state index in [0.717, 1.165) is 36.2 Å². The van der Waals surface area contributed by atoms with E-state index in [4.69, 9.17) is 4.52 Å². The Morgan fingerprint density at radius 3 is 3.12 bits per heavy atom. The van der Waals surface area contributed by atoms with Gasteiger partial charge >= 0.3 is 0 Å². The van der Waals surface area contributed by atoms with E-state index in [9.17, 15) is 0 Å². The third kappa shape index (κ3) is 3.22. The van der Waals surface area contributed by atoms with Gasteiger partial charge in [-0.1, -0.05) is 19.0 Å². The zero-order chi connectivity index (χ0) is 11.4. The molecule has 90 valence electrons. The van der Waals surface area contributed by atoms with E-state index in [1.54, 1.807) is 0 Å². The van der Waals surface area contributed by atoms with Crippen molar-refractivity contribution in [1.29, 1.82) is 0 Å². The van der Waals surface area contributed by atoms with Gasteiger partial charge in [-0.3, -0.25) is 0 Å². The van der Waals surface area contributed by atoms with E-state index in [2.05, 4.69) is 29.3 Å². The van der Waals surface area contributed by atoms with Crippen LogP contribution in [0.2, 0.25) is 0 Å². The van der Waals surface area contributed by atoms with Gasteiger partial charge in [0, 0.05) is 0 Å². The van der Waals surface area contributed by atoms with E-state index in [-0.39, 0.29) is 6.04 Å². The molecule has 4 nitrogen and oxygen atoms in total. The first kappa shape index (κ1) is 11.9. The molecular weight excluding hydrogens is 222 g/mol. The van der Waals surface area contributed by atoms with E-state index in [0.29, 0.717) is 5.92 Å². The standard InChI is InChI=1S/C11H19N3OS/c1-8(2)6-16-7-10-13-11(15-14-10)9-4-3-5-12-9/h8-9,12H,3-7H2,1-2H3/t9-/m1/s1. The van der Waals surface area contributed by atoms with Crippen LogP contribution < -0.4 is 5.32 Å². The van der Waals surface area contributed by atoms with Gasteiger partial charge in [0.15, 0.2) is 5.82 Å². The Kier molecular flexibility index (Phi) is 4.23. The van der Waals surface area contributed by atoms with Crippen LogP contribution in [0.15, 0.2) is 4.52 Å². The smallest absolute Gasteiger partial charge is 0.243 e. The van der Waals surface area contributed by atoms with Crippen LogP contribution in [0.3, 0.4) is 0 Å². The minimum absolute atomic E-state index is 0.288. The number of aromatic nitrogens is 2. The van der Waals surface area contributed by atoms with Gasteiger partial charge in [-0.25, -0.2) is 0 Å². The molecule has 5 heteroatoms. The molecule has 0 radical (unpaired) electrons. The summed E-state index contributed by atoms with van der Waals surface area (Å²) in [4.78, 5) is 4.43. The average Bonchev–Trinajstić information content (AvgIpc) is 2.85. The Labute approximate surface area is 101 Å². The highest BCUT2D eigenvalue weighted by Gasteiger charge is 2.22. The molecule has 1 aliphatic rings. The predicted molar refractivity (Wildman–Crippen MR) is 65.3 cm³/mol. The molecule has 1 saturated heterocycles. The van der Waals surface area contributed by atoms with Crippen LogP contribution in [0.25, 0.3) is 0 Å². The van der Waals surface area contributed by atoms with E-state index < -0.39 is 0 Å². The highest BCUT2D eigenvalue weighted by atomic mass is 32.2. The minimum Gasteiger partial charge on any atom is -0.338 e. The predicted octanol–water partition coefficient (Wildman–Crippen LogP) is 2.38. The third-order valence-corrected chi connectivity index (χ3v) is 3.89. The molecule has 1 atom stereocenters. The van der Waals surface area contributed by atoms with Crippen molar-refractivity contribution < 1.29 is 4.52 Å². The molecular formula is C11H19N3OS. The van der Waals surface area contributed by atoms with Gasteiger partial charge < -0.3 is 9.84 Å². The fourth-order valence-electron chi connectivity index (χ4n) is 1.75. The summed E-state index contributed by atoms with van der Waals surface area (Å²) >= 11 is 1.86. The summed E-state index contributed by atoms with van der Waals surface area (Å²) in [6.45, 7) is 5.50. The molecule has 0 aliphatic carbocycles. The Balaban J connectivity index is 1.82. The van der Waals surface area contributed by atoms with Crippen LogP contribution in [-0.2, 0) is 5.75 Å². The van der Waals surface area contributed by atoms with Crippen LogP contribution in [0.1, 0.15) is 44.4 Å². The van der Waals surface area contributed by atoms with Crippen molar-refractivity contribution >= 4 is 11.8 Å². The molecule has 0 unspecified atom stereocenters. The van der Waals surface area contributed by atoms with Crippen molar-refractivity contribution in [3.63, 3.8) is 0 Å². The van der Waals surface area contributed by atoms with Crippen molar-refractivity contribution in [2.75, 3.05) is 12.3 Å². The van der Waals surface area contributed by atoms with Crippen LogP contribution in [0, 0.1) is 5.92 Å². The second-order valence-corrected chi connectivity index (χ2v) is 5.64. The molecule has 1 N–H and O–H groups in total. The lowest BCUT2D eigenvalue weighted by Gasteiger charge is -2.02. The summed E-state index contributed by atoms with van der Waals surface area (Å²) in [5, 5.41) is 7.37. The Bertz CT molecular complexity index is 321. The van der Waals surface area contributed by atoms with Gasteiger partial charge in [0.1, 0.15) is 0 Å². The average molecular weight is 241 g/mol. The normalized spacial score (nSPS) is 20.8. The lowest BCUT2D eigenvalue weighted by molar-refractivity contribution is 0.342. The molecule has 0 spiro atoms. The van der Waals surface area contributed by atoms with Crippen LogP contribution in [-0.4, -0.2) is 22.4 Å². The van der Waals surface area contributed by atoms with Gasteiger partial charge in [0.05, 0.1) is 11.8 Å². The number of thioether (sulfide) groups is 1. The van der Waals surface area contributed by atoms with Crippen molar-refractivity contribution in [3.05, 3.63) is 11.7 Å². The van der Waals surface area contributed by atoms with Gasteiger partial charge in [-0.2, -0.15) is 16.7 Å². The maximum Gasteiger partial charge on any atom is 0.243 e. The quantitative estimate of drug-likeness (QED) is 0.857. The number of nitrogens with zero attached hydrogens (tertiary/aromatic N) is 2. The fraction of sp³-hybridized carbons (Fsp3) is 0.818. The van der Waals surface area contributed by atoms with Crippen LogP contribution >= 0.6 is 11.8 Å². The van der Waals surface area contributed by atoms with Crippen LogP contribution in [0.5, 0.6) is 0 Å². The largest absolute Gasteiger partial charge is 0.338 e. The highest BCUT2D eigenvalue weighted by molar-refractivity contribution is 7.98. The molecule has 0 bridgehead atoms. The van der Waals surface area contributed by atoms with Gasteiger partial charge in [-0.05, 0) is 31.1 Å². The zero-order valence-electron chi connectivity index (χ0n) is 9.90. The first-order valence-electron chi connectivity index (χ1n) is 5.89. The Morgan fingerprint density at radius 2 is 2.44 bits per heavy atom. The molecule has 0 saturated carbocycles. The number of hydrogen-bond donors (Lipinski definition) is 1. The first-order chi connectivity index (χ1) is 7.75. The second-order valence-electron chi connectivity index (χ2n) is 4.61. The number of nitrogens with one attached hydrogen (secondary N) is 1. The van der Waals surface area contributed by atoms with Gasteiger partial charge in [0.2, 0.25) is 5.89 Å².